The number of carboxylic acids is 1. The third-order valence-electron chi connectivity index (χ3n) is 6.57. The molecule has 1 aliphatic carbocycles. The number of likely N-dealkylation sites (tertiary alicyclic amines) is 1. The molecule has 1 aliphatic heterocycles. The van der Waals surface area contributed by atoms with Crippen LogP contribution in [0, 0.1) is 5.92 Å². The Kier molecular flexibility index (Phi) is 7.09. The van der Waals surface area contributed by atoms with E-state index in [0.717, 1.165) is 45.2 Å². The van der Waals surface area contributed by atoms with Crippen molar-refractivity contribution in [1.29, 1.82) is 0 Å². The topological polar surface area (TPSA) is 120 Å². The van der Waals surface area contributed by atoms with Gasteiger partial charge in [0, 0.05) is 6.20 Å². The van der Waals surface area contributed by atoms with E-state index in [1.54, 1.807) is 0 Å². The van der Waals surface area contributed by atoms with Gasteiger partial charge in [0.1, 0.15) is 5.54 Å². The number of hydrogen-bond acceptors (Lipinski definition) is 6. The van der Waals surface area contributed by atoms with Crippen LogP contribution in [0.2, 0.25) is 6.32 Å². The van der Waals surface area contributed by atoms with Gasteiger partial charge in [-0.2, -0.15) is 0 Å². The monoisotopic (exact) mass is 389 g/mol. The molecule has 0 aromatic carbocycles. The summed E-state index contributed by atoms with van der Waals surface area (Å²) in [6, 6.07) is 4.49. The van der Waals surface area contributed by atoms with E-state index in [-0.39, 0.29) is 12.2 Å². The normalized spacial score (nSPS) is 23.0. The summed E-state index contributed by atoms with van der Waals surface area (Å²) in [6.07, 6.45) is 8.52. The van der Waals surface area contributed by atoms with E-state index >= 15 is 0 Å². The molecule has 28 heavy (non-hydrogen) atoms. The number of fused-ring (bicyclic) bond motifs is 1. The van der Waals surface area contributed by atoms with Crippen LogP contribution >= 0.6 is 0 Å². The zero-order valence-corrected chi connectivity index (χ0v) is 16.5. The molecule has 1 aromatic rings. The second-order valence-corrected chi connectivity index (χ2v) is 8.34. The van der Waals surface area contributed by atoms with E-state index < -0.39 is 18.6 Å². The second kappa shape index (κ2) is 9.35. The van der Waals surface area contributed by atoms with Crippen LogP contribution in [-0.2, 0) is 11.2 Å². The molecule has 1 unspecified atom stereocenters. The van der Waals surface area contributed by atoms with E-state index in [1.165, 1.54) is 11.3 Å². The van der Waals surface area contributed by atoms with Gasteiger partial charge in [0.25, 0.3) is 0 Å². The highest BCUT2D eigenvalue weighted by Gasteiger charge is 2.44. The summed E-state index contributed by atoms with van der Waals surface area (Å²) in [6.45, 7) is 1.68. The Morgan fingerprint density at radius 1 is 1.29 bits per heavy atom. The molecule has 3 rings (SSSR count). The van der Waals surface area contributed by atoms with Crippen LogP contribution in [0.5, 0.6) is 0 Å². The quantitative estimate of drug-likeness (QED) is 0.394. The van der Waals surface area contributed by atoms with E-state index in [2.05, 4.69) is 16.0 Å². The molecule has 8 heteroatoms. The molecular formula is C20H32BN3O4. The molecule has 1 saturated heterocycles. The number of unbranched alkanes of at least 4 members (excludes halogenated alkanes) is 1. The molecule has 0 saturated carbocycles. The van der Waals surface area contributed by atoms with Crippen molar-refractivity contribution in [3.8, 4) is 0 Å². The van der Waals surface area contributed by atoms with Crippen molar-refractivity contribution in [3.05, 3.63) is 29.6 Å². The van der Waals surface area contributed by atoms with Crippen molar-refractivity contribution in [2.45, 2.75) is 69.3 Å². The number of nitrogens with zero attached hydrogens (tertiary/aromatic N) is 2. The average molecular weight is 389 g/mol. The average Bonchev–Trinajstić information content (AvgIpc) is 2.70. The number of carbonyl (C=O) groups is 1. The van der Waals surface area contributed by atoms with Crippen LogP contribution in [0.4, 0.5) is 0 Å². The number of nitrogens with two attached hydrogens (primary N) is 1. The van der Waals surface area contributed by atoms with Gasteiger partial charge in [-0.25, -0.2) is 0 Å². The van der Waals surface area contributed by atoms with Crippen LogP contribution in [0.15, 0.2) is 18.3 Å². The molecule has 1 aromatic heterocycles. The first-order valence-electron chi connectivity index (χ1n) is 10.5. The Labute approximate surface area is 167 Å². The van der Waals surface area contributed by atoms with Crippen molar-refractivity contribution in [2.24, 2.45) is 11.7 Å². The van der Waals surface area contributed by atoms with Crippen LogP contribution in [-0.4, -0.2) is 56.8 Å². The van der Waals surface area contributed by atoms with Gasteiger partial charge in [-0.3, -0.25) is 14.7 Å². The number of aliphatic carboxylic acids is 1. The SMILES string of the molecule is N[C@@](CCCCB(O)O)(C(=O)O)C1CCN(C2CCCc3cccnc32)CC1. The molecule has 7 nitrogen and oxygen atoms in total. The van der Waals surface area contributed by atoms with E-state index in [0.29, 0.717) is 25.3 Å². The lowest BCUT2D eigenvalue weighted by Gasteiger charge is -2.43. The van der Waals surface area contributed by atoms with Gasteiger partial charge in [-0.05, 0) is 75.5 Å². The third kappa shape index (κ3) is 4.74. The second-order valence-electron chi connectivity index (χ2n) is 8.34. The van der Waals surface area contributed by atoms with Gasteiger partial charge < -0.3 is 20.9 Å². The van der Waals surface area contributed by atoms with Crippen molar-refractivity contribution in [3.63, 3.8) is 0 Å². The molecule has 0 amide bonds. The van der Waals surface area contributed by atoms with E-state index in [4.69, 9.17) is 15.8 Å². The van der Waals surface area contributed by atoms with Gasteiger partial charge in [-0.15, -0.1) is 0 Å². The summed E-state index contributed by atoms with van der Waals surface area (Å²) in [4.78, 5) is 19.0. The highest BCUT2D eigenvalue weighted by molar-refractivity contribution is 6.40. The lowest BCUT2D eigenvalue weighted by atomic mass is 9.74. The number of pyridine rings is 1. The number of hydrogen-bond donors (Lipinski definition) is 4. The first kappa shape index (κ1) is 21.2. The maximum atomic E-state index is 11.9. The lowest BCUT2D eigenvalue weighted by molar-refractivity contribution is -0.147. The molecule has 0 spiro atoms. The minimum Gasteiger partial charge on any atom is -0.480 e. The molecule has 2 aliphatic rings. The van der Waals surface area contributed by atoms with Gasteiger partial charge in [0.05, 0.1) is 11.7 Å². The van der Waals surface area contributed by atoms with Crippen molar-refractivity contribution >= 4 is 13.1 Å². The van der Waals surface area contributed by atoms with Crippen molar-refractivity contribution < 1.29 is 19.9 Å². The summed E-state index contributed by atoms with van der Waals surface area (Å²) in [7, 11) is -1.34. The van der Waals surface area contributed by atoms with Gasteiger partial charge in [0.15, 0.2) is 0 Å². The molecule has 0 bridgehead atoms. The highest BCUT2D eigenvalue weighted by Crippen LogP contribution is 2.38. The fourth-order valence-electron chi connectivity index (χ4n) is 4.90. The number of aromatic nitrogens is 1. The Balaban J connectivity index is 1.59. The molecule has 154 valence electrons. The molecule has 1 fully saturated rings. The molecular weight excluding hydrogens is 357 g/mol. The number of rotatable bonds is 8. The summed E-state index contributed by atoms with van der Waals surface area (Å²) in [5.74, 6) is -1.01. The fraction of sp³-hybridized carbons (Fsp3) is 0.700. The Morgan fingerprint density at radius 2 is 2.04 bits per heavy atom. The van der Waals surface area contributed by atoms with Gasteiger partial charge in [0.2, 0.25) is 0 Å². The smallest absolute Gasteiger partial charge is 0.451 e. The Hall–Kier alpha value is -1.48. The predicted molar refractivity (Wildman–Crippen MR) is 108 cm³/mol. The third-order valence-corrected chi connectivity index (χ3v) is 6.57. The number of carboxylic acid groups (broad SMARTS) is 1. The summed E-state index contributed by atoms with van der Waals surface area (Å²) < 4.78 is 0. The molecule has 0 radical (unpaired) electrons. The van der Waals surface area contributed by atoms with Gasteiger partial charge in [-0.1, -0.05) is 18.9 Å². The maximum Gasteiger partial charge on any atom is 0.451 e. The standard InChI is InChI=1S/C20H32BN3O4/c22-20(19(25)26,10-1-2-11-21(27)28)16-8-13-24(14-9-16)17-7-3-5-15-6-4-12-23-18(15)17/h4,6,12,16-17,27-28H,1-3,5,7-11,13-14,22H2,(H,25,26)/t17?,20-/m1/s1. The zero-order chi connectivity index (χ0) is 20.1. The Bertz CT molecular complexity index is 667. The van der Waals surface area contributed by atoms with Crippen molar-refractivity contribution in [1.82, 2.24) is 9.88 Å². The first-order valence-corrected chi connectivity index (χ1v) is 10.5. The first-order chi connectivity index (χ1) is 13.4. The summed E-state index contributed by atoms with van der Waals surface area (Å²) >= 11 is 0. The fourth-order valence-corrected chi connectivity index (χ4v) is 4.90. The predicted octanol–water partition coefficient (Wildman–Crippen LogP) is 1.60. The summed E-state index contributed by atoms with van der Waals surface area (Å²) in [5.41, 5.74) is 7.66. The maximum absolute atomic E-state index is 11.9. The number of aryl methyl sites for hydroxylation is 1. The minimum atomic E-state index is -1.34. The van der Waals surface area contributed by atoms with Crippen molar-refractivity contribution in [2.75, 3.05) is 13.1 Å². The molecule has 2 heterocycles. The summed E-state index contributed by atoms with van der Waals surface area (Å²) in [5, 5.41) is 27.7. The van der Waals surface area contributed by atoms with Gasteiger partial charge >= 0.3 is 13.1 Å². The minimum absolute atomic E-state index is 0.0629. The Morgan fingerprint density at radius 3 is 2.71 bits per heavy atom. The van der Waals surface area contributed by atoms with Crippen LogP contribution < -0.4 is 5.73 Å². The van der Waals surface area contributed by atoms with Crippen LogP contribution in [0.1, 0.15) is 62.2 Å². The van der Waals surface area contributed by atoms with Crippen LogP contribution in [0.25, 0.3) is 0 Å². The highest BCUT2D eigenvalue weighted by atomic mass is 16.4. The molecule has 5 N–H and O–H groups in total. The zero-order valence-electron chi connectivity index (χ0n) is 16.5. The molecule has 2 atom stereocenters. The van der Waals surface area contributed by atoms with E-state index in [1.807, 2.05) is 12.3 Å². The number of piperidine rings is 1. The largest absolute Gasteiger partial charge is 0.480 e. The van der Waals surface area contributed by atoms with E-state index in [9.17, 15) is 9.90 Å². The lowest BCUT2D eigenvalue weighted by Crippen LogP contribution is -2.57. The van der Waals surface area contributed by atoms with Crippen LogP contribution in [0.3, 0.4) is 0 Å².